The van der Waals surface area contributed by atoms with Crippen LogP contribution in [0.4, 0.5) is 5.82 Å². The summed E-state index contributed by atoms with van der Waals surface area (Å²) >= 11 is 5.92. The zero-order valence-corrected chi connectivity index (χ0v) is 14.3. The summed E-state index contributed by atoms with van der Waals surface area (Å²) in [7, 11) is 0. The van der Waals surface area contributed by atoms with Crippen LogP contribution in [0.15, 0.2) is 47.5 Å². The van der Waals surface area contributed by atoms with Crippen molar-refractivity contribution in [2.45, 2.75) is 20.0 Å². The Hall–Kier alpha value is -2.86. The molecule has 0 unspecified atom stereocenters. The Morgan fingerprint density at radius 1 is 1.20 bits per heavy atom. The highest BCUT2D eigenvalue weighted by Crippen LogP contribution is 2.24. The highest BCUT2D eigenvalue weighted by Gasteiger charge is 2.10. The number of fused-ring (bicyclic) bond motifs is 2. The van der Waals surface area contributed by atoms with Gasteiger partial charge < -0.3 is 10.3 Å². The fourth-order valence-electron chi connectivity index (χ4n) is 2.95. The monoisotopic (exact) mass is 353 g/mol. The van der Waals surface area contributed by atoms with E-state index in [0.717, 1.165) is 33.3 Å². The first kappa shape index (κ1) is 15.7. The third kappa shape index (κ3) is 2.85. The van der Waals surface area contributed by atoms with Gasteiger partial charge in [-0.15, -0.1) is 0 Å². The lowest BCUT2D eigenvalue weighted by Gasteiger charge is -2.09. The summed E-state index contributed by atoms with van der Waals surface area (Å²) in [4.78, 5) is 23.6. The Labute approximate surface area is 148 Å². The van der Waals surface area contributed by atoms with Crippen LogP contribution >= 0.6 is 11.6 Å². The fraction of sp³-hybridized carbons (Fsp3) is 0.167. The summed E-state index contributed by atoms with van der Waals surface area (Å²) in [5.74, 6) is 0.729. The van der Waals surface area contributed by atoms with Crippen LogP contribution < -0.4 is 11.0 Å². The lowest BCUT2D eigenvalue weighted by Crippen LogP contribution is -2.14. The Morgan fingerprint density at radius 2 is 2.00 bits per heavy atom. The normalized spacial score (nSPS) is 11.3. The number of H-pyrrole nitrogens is 1. The molecule has 0 radical (unpaired) electrons. The molecule has 0 saturated heterocycles. The van der Waals surface area contributed by atoms with Gasteiger partial charge in [-0.2, -0.15) is 0 Å². The van der Waals surface area contributed by atoms with Crippen LogP contribution in [0, 0.1) is 0 Å². The number of nitrogens with one attached hydrogen (secondary N) is 2. The summed E-state index contributed by atoms with van der Waals surface area (Å²) in [6, 6.07) is 11.5. The van der Waals surface area contributed by atoms with Gasteiger partial charge in [0.05, 0.1) is 16.6 Å². The zero-order chi connectivity index (χ0) is 17.4. The molecule has 2 heterocycles. The van der Waals surface area contributed by atoms with Gasteiger partial charge in [-0.25, -0.2) is 14.8 Å². The number of nitrogens with zero attached hydrogens (tertiary/aromatic N) is 3. The Bertz CT molecular complexity index is 1110. The molecule has 2 aromatic heterocycles. The molecule has 0 aliphatic carbocycles. The molecule has 6 nitrogen and oxygen atoms in total. The average molecular weight is 354 g/mol. The van der Waals surface area contributed by atoms with Crippen LogP contribution in [0.3, 0.4) is 0 Å². The van der Waals surface area contributed by atoms with Crippen LogP contribution in [0.25, 0.3) is 21.9 Å². The molecule has 7 heteroatoms. The van der Waals surface area contributed by atoms with Crippen LogP contribution in [-0.4, -0.2) is 19.5 Å². The predicted molar refractivity (Wildman–Crippen MR) is 100 cm³/mol. The Morgan fingerprint density at radius 3 is 2.76 bits per heavy atom. The average Bonchev–Trinajstić information content (AvgIpc) is 2.93. The smallest absolute Gasteiger partial charge is 0.326 e. The van der Waals surface area contributed by atoms with Crippen molar-refractivity contribution in [1.82, 2.24) is 19.5 Å². The van der Waals surface area contributed by atoms with E-state index in [-0.39, 0.29) is 5.69 Å². The van der Waals surface area contributed by atoms with E-state index in [2.05, 4.69) is 20.3 Å². The highest BCUT2D eigenvalue weighted by atomic mass is 35.5. The van der Waals surface area contributed by atoms with Gasteiger partial charge in [-0.3, -0.25) is 4.57 Å². The number of anilines is 1. The van der Waals surface area contributed by atoms with Crippen LogP contribution in [0.5, 0.6) is 0 Å². The number of rotatable bonds is 4. The second kappa shape index (κ2) is 6.22. The number of benzene rings is 2. The summed E-state index contributed by atoms with van der Waals surface area (Å²) in [5, 5.41) is 4.91. The third-order valence-electron chi connectivity index (χ3n) is 4.22. The number of imidazole rings is 1. The van der Waals surface area contributed by atoms with Gasteiger partial charge in [0.2, 0.25) is 0 Å². The Kier molecular flexibility index (Phi) is 3.89. The SMILES string of the molecule is CCn1c(=O)[nH]c2cc3c(NCc4ccc(Cl)cc4)ncnc3cc21. The summed E-state index contributed by atoms with van der Waals surface area (Å²) in [6.07, 6.45) is 1.53. The van der Waals surface area contributed by atoms with E-state index in [0.29, 0.717) is 18.1 Å². The molecule has 4 aromatic rings. The van der Waals surface area contributed by atoms with Crippen molar-refractivity contribution in [2.24, 2.45) is 0 Å². The molecular formula is C18H16ClN5O. The van der Waals surface area contributed by atoms with Crippen molar-refractivity contribution in [3.63, 3.8) is 0 Å². The van der Waals surface area contributed by atoms with Gasteiger partial charge in [-0.05, 0) is 36.8 Å². The minimum Gasteiger partial charge on any atom is -0.365 e. The molecule has 4 rings (SSSR count). The van der Waals surface area contributed by atoms with E-state index in [4.69, 9.17) is 11.6 Å². The molecule has 2 N–H and O–H groups in total. The van der Waals surface area contributed by atoms with Gasteiger partial charge in [0.1, 0.15) is 12.1 Å². The van der Waals surface area contributed by atoms with E-state index in [9.17, 15) is 4.79 Å². The highest BCUT2D eigenvalue weighted by molar-refractivity contribution is 6.30. The van der Waals surface area contributed by atoms with Gasteiger partial charge in [0.25, 0.3) is 0 Å². The van der Waals surface area contributed by atoms with Crippen LogP contribution in [-0.2, 0) is 13.1 Å². The van der Waals surface area contributed by atoms with Crippen molar-refractivity contribution in [1.29, 1.82) is 0 Å². The van der Waals surface area contributed by atoms with E-state index in [1.54, 1.807) is 4.57 Å². The first-order valence-corrected chi connectivity index (χ1v) is 8.39. The lowest BCUT2D eigenvalue weighted by atomic mass is 10.2. The van der Waals surface area contributed by atoms with Crippen molar-refractivity contribution in [3.8, 4) is 0 Å². The van der Waals surface area contributed by atoms with Gasteiger partial charge in [0.15, 0.2) is 0 Å². The first-order chi connectivity index (χ1) is 12.2. The molecule has 0 aliphatic heterocycles. The maximum absolute atomic E-state index is 12.0. The lowest BCUT2D eigenvalue weighted by molar-refractivity contribution is 0.753. The fourth-order valence-corrected chi connectivity index (χ4v) is 3.08. The first-order valence-electron chi connectivity index (χ1n) is 8.01. The molecular weight excluding hydrogens is 338 g/mol. The standard InChI is InChI=1S/C18H16ClN5O/c1-2-24-16-8-14-13(7-15(16)23-18(24)25)17(22-10-21-14)20-9-11-3-5-12(19)6-4-11/h3-8,10H,2,9H2,1H3,(H,23,25)(H,20,21,22). The molecule has 0 bridgehead atoms. The molecule has 0 amide bonds. The number of aromatic nitrogens is 4. The van der Waals surface area contributed by atoms with E-state index in [1.807, 2.05) is 43.3 Å². The second-order valence-electron chi connectivity index (χ2n) is 5.76. The maximum atomic E-state index is 12.0. The number of halogens is 1. The second-order valence-corrected chi connectivity index (χ2v) is 6.20. The quantitative estimate of drug-likeness (QED) is 0.588. The molecule has 126 valence electrons. The zero-order valence-electron chi connectivity index (χ0n) is 13.6. The van der Waals surface area contributed by atoms with Crippen molar-refractivity contribution >= 4 is 39.4 Å². The summed E-state index contributed by atoms with van der Waals surface area (Å²) in [6.45, 7) is 3.17. The maximum Gasteiger partial charge on any atom is 0.326 e. The minimum atomic E-state index is -0.114. The topological polar surface area (TPSA) is 75.6 Å². The molecule has 0 saturated carbocycles. The molecule has 0 atom stereocenters. The van der Waals surface area contributed by atoms with Crippen LogP contribution in [0.2, 0.25) is 5.02 Å². The third-order valence-corrected chi connectivity index (χ3v) is 4.47. The summed E-state index contributed by atoms with van der Waals surface area (Å²) < 4.78 is 1.69. The van der Waals surface area contributed by atoms with Crippen molar-refractivity contribution in [3.05, 3.63) is 63.8 Å². The largest absolute Gasteiger partial charge is 0.365 e. The van der Waals surface area contributed by atoms with Gasteiger partial charge in [0, 0.05) is 23.5 Å². The van der Waals surface area contributed by atoms with Gasteiger partial charge >= 0.3 is 5.69 Å². The summed E-state index contributed by atoms with van der Waals surface area (Å²) in [5.41, 5.74) is 3.41. The van der Waals surface area contributed by atoms with E-state index in [1.165, 1.54) is 6.33 Å². The van der Waals surface area contributed by atoms with Crippen molar-refractivity contribution < 1.29 is 0 Å². The van der Waals surface area contributed by atoms with Crippen LogP contribution in [0.1, 0.15) is 12.5 Å². The molecule has 2 aromatic carbocycles. The molecule has 0 spiro atoms. The number of aryl methyl sites for hydroxylation is 1. The van der Waals surface area contributed by atoms with E-state index < -0.39 is 0 Å². The predicted octanol–water partition coefficient (Wildman–Crippen LogP) is 3.56. The molecule has 25 heavy (non-hydrogen) atoms. The minimum absolute atomic E-state index is 0.114. The number of hydrogen-bond donors (Lipinski definition) is 2. The number of hydrogen-bond acceptors (Lipinski definition) is 4. The number of aromatic amines is 1. The van der Waals surface area contributed by atoms with E-state index >= 15 is 0 Å². The van der Waals surface area contributed by atoms with Gasteiger partial charge in [-0.1, -0.05) is 23.7 Å². The van der Waals surface area contributed by atoms with Crippen molar-refractivity contribution in [2.75, 3.05) is 5.32 Å². The Balaban J connectivity index is 1.75. The molecule has 0 fully saturated rings. The molecule has 0 aliphatic rings.